The zero-order chi connectivity index (χ0) is 36.9. The minimum atomic E-state index is -4.32. The van der Waals surface area contributed by atoms with E-state index >= 15 is 0 Å². The number of rotatable bonds is 21. The molecule has 0 bridgehead atoms. The summed E-state index contributed by atoms with van der Waals surface area (Å²) >= 11 is 12.5. The van der Waals surface area contributed by atoms with Crippen LogP contribution < -0.4 is 19.7 Å². The van der Waals surface area contributed by atoms with Crippen LogP contribution >= 0.6 is 23.2 Å². The van der Waals surface area contributed by atoms with E-state index in [9.17, 15) is 26.4 Å². The predicted molar refractivity (Wildman–Crippen MR) is 206 cm³/mol. The minimum absolute atomic E-state index is 0.0106. The van der Waals surface area contributed by atoms with E-state index < -0.39 is 38.3 Å². The van der Waals surface area contributed by atoms with Crippen LogP contribution in [0.5, 0.6) is 0 Å². The first-order valence-corrected chi connectivity index (χ1v) is 21.4. The van der Waals surface area contributed by atoms with E-state index in [0.717, 1.165) is 42.6 Å². The first-order valence-electron chi connectivity index (χ1n) is 17.7. The molecule has 4 rings (SSSR count). The molecule has 3 aromatic rings. The summed E-state index contributed by atoms with van der Waals surface area (Å²) in [6.07, 6.45) is 14.3. The second-order valence-electron chi connectivity index (χ2n) is 12.8. The van der Waals surface area contributed by atoms with Crippen LogP contribution in [0.2, 0.25) is 10.0 Å². The van der Waals surface area contributed by atoms with Crippen molar-refractivity contribution in [2.75, 3.05) is 28.0 Å². The molecule has 0 fully saturated rings. The number of fused-ring (bicyclic) bond motifs is 1. The third kappa shape index (κ3) is 12.2. The molecule has 1 heterocycles. The van der Waals surface area contributed by atoms with Crippen molar-refractivity contribution in [3.05, 3.63) is 76.3 Å². The van der Waals surface area contributed by atoms with E-state index in [2.05, 4.69) is 21.7 Å². The number of unbranched alkanes of at least 4 members (excludes halogenated alkanes) is 11. The molecule has 0 atom stereocenters. The molecule has 1 aliphatic heterocycles. The molecule has 0 radical (unpaired) electrons. The highest BCUT2D eigenvalue weighted by Gasteiger charge is 2.26. The van der Waals surface area contributed by atoms with Crippen molar-refractivity contribution < 1.29 is 26.4 Å². The molecule has 3 aromatic carbocycles. The topological polar surface area (TPSA) is 142 Å². The molecule has 51 heavy (non-hydrogen) atoms. The van der Waals surface area contributed by atoms with Crippen LogP contribution in [0.25, 0.3) is 0 Å². The van der Waals surface area contributed by atoms with Gasteiger partial charge in [-0.2, -0.15) is 0 Å². The van der Waals surface area contributed by atoms with Gasteiger partial charge in [-0.1, -0.05) is 119 Å². The van der Waals surface area contributed by atoms with Crippen LogP contribution in [0.15, 0.2) is 70.5 Å². The number of para-hydroxylation sites is 1. The third-order valence-corrected chi connectivity index (χ3v) is 12.3. The SMILES string of the molecule is CCCCCCCCCCCCCCNS(=O)(=O)c1ccc(Cl)c(NS(=O)(=O)c2ccc(Cl)c(NC(=O)CC(=O)N3CCc4ccccc43)c2)c1. The lowest BCUT2D eigenvalue weighted by Gasteiger charge is -2.17. The van der Waals surface area contributed by atoms with Crippen LogP contribution in [-0.2, 0) is 36.1 Å². The van der Waals surface area contributed by atoms with Gasteiger partial charge in [0.1, 0.15) is 6.42 Å². The van der Waals surface area contributed by atoms with Crippen molar-refractivity contribution in [3.8, 4) is 0 Å². The third-order valence-electron chi connectivity index (χ3n) is 8.84. The van der Waals surface area contributed by atoms with Gasteiger partial charge in [0.2, 0.25) is 21.8 Å². The van der Waals surface area contributed by atoms with E-state index in [1.807, 2.05) is 24.3 Å². The van der Waals surface area contributed by atoms with E-state index in [1.54, 1.807) is 4.90 Å². The lowest BCUT2D eigenvalue weighted by atomic mass is 10.1. The minimum Gasteiger partial charge on any atom is -0.324 e. The lowest BCUT2D eigenvalue weighted by molar-refractivity contribution is -0.125. The van der Waals surface area contributed by atoms with E-state index in [4.69, 9.17) is 23.2 Å². The Hall–Kier alpha value is -3.16. The number of halogens is 2. The monoisotopic (exact) mass is 778 g/mol. The fourth-order valence-corrected chi connectivity index (χ4v) is 8.58. The Morgan fingerprint density at radius 3 is 1.90 bits per heavy atom. The van der Waals surface area contributed by atoms with Crippen molar-refractivity contribution in [1.29, 1.82) is 0 Å². The first-order chi connectivity index (χ1) is 24.4. The zero-order valence-electron chi connectivity index (χ0n) is 29.1. The number of amides is 2. The number of benzene rings is 3. The fourth-order valence-electron chi connectivity index (χ4n) is 6.00. The Morgan fingerprint density at radius 1 is 0.706 bits per heavy atom. The highest BCUT2D eigenvalue weighted by Crippen LogP contribution is 2.31. The fraction of sp³-hybridized carbons (Fsp3) is 0.459. The Balaban J connectivity index is 1.28. The number of carbonyl (C=O) groups is 2. The summed E-state index contributed by atoms with van der Waals surface area (Å²) < 4.78 is 57.8. The van der Waals surface area contributed by atoms with E-state index in [-0.39, 0.29) is 37.8 Å². The summed E-state index contributed by atoms with van der Waals surface area (Å²) in [5, 5.41) is 2.58. The molecule has 10 nitrogen and oxygen atoms in total. The van der Waals surface area contributed by atoms with Gasteiger partial charge in [-0.15, -0.1) is 0 Å². The van der Waals surface area contributed by atoms with Crippen molar-refractivity contribution >= 4 is 72.1 Å². The Labute approximate surface area is 312 Å². The summed E-state index contributed by atoms with van der Waals surface area (Å²) in [6.45, 7) is 2.95. The smallest absolute Gasteiger partial charge is 0.262 e. The molecule has 1 aliphatic rings. The molecule has 0 aliphatic carbocycles. The molecule has 0 spiro atoms. The Bertz CT molecular complexity index is 1870. The largest absolute Gasteiger partial charge is 0.324 e. The molecular formula is C37H48Cl2N4O6S2. The van der Waals surface area contributed by atoms with Crippen LogP contribution in [0.1, 0.15) is 96.0 Å². The molecule has 278 valence electrons. The molecule has 0 unspecified atom stereocenters. The van der Waals surface area contributed by atoms with Gasteiger partial charge >= 0.3 is 0 Å². The normalized spacial score (nSPS) is 12.9. The molecule has 0 saturated carbocycles. The number of nitrogens with one attached hydrogen (secondary N) is 3. The second-order valence-corrected chi connectivity index (χ2v) is 17.1. The number of hydrogen-bond acceptors (Lipinski definition) is 6. The second kappa shape index (κ2) is 19.6. The average molecular weight is 780 g/mol. The number of anilines is 3. The Kier molecular flexibility index (Phi) is 15.6. The predicted octanol–water partition coefficient (Wildman–Crippen LogP) is 8.69. The first kappa shape index (κ1) is 40.6. The van der Waals surface area contributed by atoms with Crippen molar-refractivity contribution in [2.45, 2.75) is 107 Å². The lowest BCUT2D eigenvalue weighted by Crippen LogP contribution is -2.32. The molecule has 0 aromatic heterocycles. The Morgan fingerprint density at radius 2 is 1.25 bits per heavy atom. The van der Waals surface area contributed by atoms with Crippen molar-refractivity contribution in [3.63, 3.8) is 0 Å². The van der Waals surface area contributed by atoms with Crippen LogP contribution in [0, 0.1) is 0 Å². The van der Waals surface area contributed by atoms with E-state index in [0.29, 0.717) is 19.4 Å². The number of carbonyl (C=O) groups excluding carboxylic acids is 2. The summed E-state index contributed by atoms with van der Waals surface area (Å²) in [7, 11) is -8.25. The van der Waals surface area contributed by atoms with Gasteiger partial charge < -0.3 is 10.2 Å². The molecular weight excluding hydrogens is 731 g/mol. The van der Waals surface area contributed by atoms with Crippen LogP contribution in [-0.4, -0.2) is 41.7 Å². The highest BCUT2D eigenvalue weighted by atomic mass is 35.5. The number of nitrogens with zero attached hydrogens (tertiary/aromatic N) is 1. The zero-order valence-corrected chi connectivity index (χ0v) is 32.2. The van der Waals surface area contributed by atoms with Gasteiger partial charge in [-0.05, 0) is 60.9 Å². The van der Waals surface area contributed by atoms with Crippen molar-refractivity contribution in [1.82, 2.24) is 4.72 Å². The highest BCUT2D eigenvalue weighted by molar-refractivity contribution is 7.92. The van der Waals surface area contributed by atoms with E-state index in [1.165, 1.54) is 75.6 Å². The van der Waals surface area contributed by atoms with Crippen molar-refractivity contribution in [2.24, 2.45) is 0 Å². The van der Waals surface area contributed by atoms with Crippen LogP contribution in [0.3, 0.4) is 0 Å². The van der Waals surface area contributed by atoms with Gasteiger partial charge in [0.05, 0.1) is 31.2 Å². The maximum atomic E-state index is 13.4. The number of hydrogen-bond donors (Lipinski definition) is 3. The van der Waals surface area contributed by atoms with Crippen LogP contribution in [0.4, 0.5) is 17.1 Å². The molecule has 0 saturated heterocycles. The molecule has 14 heteroatoms. The molecule has 2 amide bonds. The van der Waals surface area contributed by atoms with Gasteiger partial charge in [0.25, 0.3) is 10.0 Å². The van der Waals surface area contributed by atoms with Gasteiger partial charge in [-0.25, -0.2) is 21.6 Å². The molecule has 3 N–H and O–H groups in total. The quantitative estimate of drug-likeness (QED) is 0.0730. The summed E-state index contributed by atoms with van der Waals surface area (Å²) in [6, 6.07) is 14.9. The maximum Gasteiger partial charge on any atom is 0.262 e. The summed E-state index contributed by atoms with van der Waals surface area (Å²) in [5.74, 6) is -1.06. The van der Waals surface area contributed by atoms with Gasteiger partial charge in [0, 0.05) is 18.8 Å². The summed E-state index contributed by atoms with van der Waals surface area (Å²) in [5.41, 5.74) is 1.64. The van der Waals surface area contributed by atoms with Gasteiger partial charge in [-0.3, -0.25) is 14.3 Å². The summed E-state index contributed by atoms with van der Waals surface area (Å²) in [4.78, 5) is 26.9. The number of sulfonamides is 2. The maximum absolute atomic E-state index is 13.4. The standard InChI is InChI=1S/C37H48Cl2N4O6S2/c1-2-3-4-5-6-7-8-9-10-11-12-15-23-40-50(46,47)29-18-21-32(39)34(26-29)42-51(48,49)30-19-20-31(38)33(25-30)41-36(44)27-37(45)43-24-22-28-16-13-14-17-35(28)43/h13-14,16-21,25-26,40,42H,2-12,15,22-24,27H2,1H3,(H,41,44). The average Bonchev–Trinajstić information content (AvgIpc) is 3.53. The van der Waals surface area contributed by atoms with Gasteiger partial charge in [0.15, 0.2) is 0 Å².